The van der Waals surface area contributed by atoms with Crippen LogP contribution in [0, 0.1) is 11.8 Å². The molecule has 1 heterocycles. The minimum Gasteiger partial charge on any atom is -0.330 e. The molecule has 0 amide bonds. The molecule has 2 unspecified atom stereocenters. The Morgan fingerprint density at radius 1 is 1.50 bits per heavy atom. The lowest BCUT2D eigenvalue weighted by Crippen LogP contribution is -2.29. The van der Waals surface area contributed by atoms with E-state index in [0.29, 0.717) is 18.9 Å². The Balaban J connectivity index is 2.42. The number of aryl methyl sites for hydroxylation is 2. The van der Waals surface area contributed by atoms with Crippen molar-refractivity contribution in [2.75, 3.05) is 6.54 Å². The molecule has 0 saturated heterocycles. The van der Waals surface area contributed by atoms with Crippen LogP contribution in [0.4, 0.5) is 4.39 Å². The average molecular weight is 227 g/mol. The van der Waals surface area contributed by atoms with Crippen LogP contribution < -0.4 is 5.73 Å². The normalized spacial score (nSPS) is 15.4. The molecule has 0 aliphatic rings. The highest BCUT2D eigenvalue weighted by molar-refractivity contribution is 5.03. The van der Waals surface area contributed by atoms with Crippen molar-refractivity contribution in [1.82, 2.24) is 9.78 Å². The summed E-state index contributed by atoms with van der Waals surface area (Å²) in [6, 6.07) is 0. The number of rotatable bonds is 6. The fourth-order valence-corrected chi connectivity index (χ4v) is 1.96. The van der Waals surface area contributed by atoms with Gasteiger partial charge in [0.15, 0.2) is 0 Å². The van der Waals surface area contributed by atoms with E-state index in [0.717, 1.165) is 12.0 Å². The standard InChI is InChI=1S/C12H22FN3/c1-9(2)11(6-14)12(13)5-4-10-7-15-16(3)8-10/h7-9,11-12H,4-6,14H2,1-3H3. The van der Waals surface area contributed by atoms with E-state index < -0.39 is 6.17 Å². The van der Waals surface area contributed by atoms with Gasteiger partial charge in [-0.1, -0.05) is 13.8 Å². The van der Waals surface area contributed by atoms with Crippen LogP contribution in [0.3, 0.4) is 0 Å². The summed E-state index contributed by atoms with van der Waals surface area (Å²) in [6.07, 6.45) is 4.17. The molecule has 1 aromatic rings. The number of hydrogen-bond acceptors (Lipinski definition) is 2. The van der Waals surface area contributed by atoms with Crippen LogP contribution in [0.5, 0.6) is 0 Å². The van der Waals surface area contributed by atoms with E-state index in [1.165, 1.54) is 0 Å². The largest absolute Gasteiger partial charge is 0.330 e. The second kappa shape index (κ2) is 5.99. The smallest absolute Gasteiger partial charge is 0.105 e. The predicted molar refractivity (Wildman–Crippen MR) is 63.8 cm³/mol. The molecule has 1 aromatic heterocycles. The van der Waals surface area contributed by atoms with Gasteiger partial charge in [0.05, 0.1) is 6.20 Å². The van der Waals surface area contributed by atoms with Crippen LogP contribution in [0.25, 0.3) is 0 Å². The Morgan fingerprint density at radius 2 is 2.19 bits per heavy atom. The first-order valence-corrected chi connectivity index (χ1v) is 5.86. The van der Waals surface area contributed by atoms with E-state index in [2.05, 4.69) is 5.10 Å². The number of alkyl halides is 1. The van der Waals surface area contributed by atoms with Gasteiger partial charge in [-0.3, -0.25) is 4.68 Å². The van der Waals surface area contributed by atoms with Crippen LogP contribution in [-0.4, -0.2) is 22.5 Å². The van der Waals surface area contributed by atoms with Gasteiger partial charge < -0.3 is 5.73 Å². The van der Waals surface area contributed by atoms with Crippen LogP contribution in [0.2, 0.25) is 0 Å². The zero-order valence-electron chi connectivity index (χ0n) is 10.4. The second-order valence-corrected chi connectivity index (χ2v) is 4.72. The lowest BCUT2D eigenvalue weighted by molar-refractivity contribution is 0.176. The minimum absolute atomic E-state index is 0.0309. The zero-order chi connectivity index (χ0) is 12.1. The van der Waals surface area contributed by atoms with Crippen LogP contribution >= 0.6 is 0 Å². The van der Waals surface area contributed by atoms with Gasteiger partial charge in [-0.15, -0.1) is 0 Å². The minimum atomic E-state index is -0.815. The Morgan fingerprint density at radius 3 is 2.62 bits per heavy atom. The topological polar surface area (TPSA) is 43.8 Å². The molecule has 0 fully saturated rings. The highest BCUT2D eigenvalue weighted by Gasteiger charge is 2.22. The van der Waals surface area contributed by atoms with Gasteiger partial charge in [0.2, 0.25) is 0 Å². The molecule has 92 valence electrons. The molecule has 0 spiro atoms. The Hall–Kier alpha value is -0.900. The summed E-state index contributed by atoms with van der Waals surface area (Å²) >= 11 is 0. The van der Waals surface area contributed by atoms with Crippen molar-refractivity contribution in [3.8, 4) is 0 Å². The van der Waals surface area contributed by atoms with Crippen molar-refractivity contribution in [2.24, 2.45) is 24.6 Å². The summed E-state index contributed by atoms with van der Waals surface area (Å²) in [4.78, 5) is 0. The summed E-state index contributed by atoms with van der Waals surface area (Å²) in [6.45, 7) is 4.47. The predicted octanol–water partition coefficient (Wildman–Crippen LogP) is 1.92. The molecule has 0 aliphatic carbocycles. The number of hydrogen-bond donors (Lipinski definition) is 1. The summed E-state index contributed by atoms with van der Waals surface area (Å²) in [7, 11) is 1.87. The highest BCUT2D eigenvalue weighted by Crippen LogP contribution is 2.21. The second-order valence-electron chi connectivity index (χ2n) is 4.72. The van der Waals surface area contributed by atoms with Crippen molar-refractivity contribution in [3.05, 3.63) is 18.0 Å². The van der Waals surface area contributed by atoms with E-state index in [1.807, 2.05) is 27.1 Å². The van der Waals surface area contributed by atoms with Crippen LogP contribution in [-0.2, 0) is 13.5 Å². The number of nitrogens with two attached hydrogens (primary N) is 1. The third-order valence-corrected chi connectivity index (χ3v) is 3.06. The van der Waals surface area contributed by atoms with Gasteiger partial charge in [0, 0.05) is 19.2 Å². The van der Waals surface area contributed by atoms with Crippen molar-refractivity contribution in [3.63, 3.8) is 0 Å². The third-order valence-electron chi connectivity index (χ3n) is 3.06. The maximum atomic E-state index is 13.9. The van der Waals surface area contributed by atoms with Crippen LogP contribution in [0.1, 0.15) is 25.8 Å². The van der Waals surface area contributed by atoms with E-state index in [9.17, 15) is 4.39 Å². The molecule has 2 atom stereocenters. The van der Waals surface area contributed by atoms with Gasteiger partial charge in [0.25, 0.3) is 0 Å². The Labute approximate surface area is 96.8 Å². The molecular formula is C12H22FN3. The quantitative estimate of drug-likeness (QED) is 0.807. The monoisotopic (exact) mass is 227 g/mol. The number of nitrogens with zero attached hydrogens (tertiary/aromatic N) is 2. The first-order chi connectivity index (χ1) is 7.54. The molecule has 1 rings (SSSR count). The highest BCUT2D eigenvalue weighted by atomic mass is 19.1. The van der Waals surface area contributed by atoms with Crippen molar-refractivity contribution in [2.45, 2.75) is 32.9 Å². The number of halogens is 1. The molecule has 16 heavy (non-hydrogen) atoms. The fourth-order valence-electron chi connectivity index (χ4n) is 1.96. The summed E-state index contributed by atoms with van der Waals surface area (Å²) in [5.41, 5.74) is 6.68. The van der Waals surface area contributed by atoms with E-state index >= 15 is 0 Å². The SMILES string of the molecule is CC(C)C(CN)C(F)CCc1cnn(C)c1. The average Bonchev–Trinajstić information content (AvgIpc) is 2.62. The summed E-state index contributed by atoms with van der Waals surface area (Å²) in [5.74, 6) is 0.269. The Kier molecular flexibility index (Phi) is 4.93. The van der Waals surface area contributed by atoms with Gasteiger partial charge >= 0.3 is 0 Å². The van der Waals surface area contributed by atoms with Crippen molar-refractivity contribution in [1.29, 1.82) is 0 Å². The van der Waals surface area contributed by atoms with Crippen molar-refractivity contribution < 1.29 is 4.39 Å². The van der Waals surface area contributed by atoms with Gasteiger partial charge in [-0.2, -0.15) is 5.10 Å². The maximum Gasteiger partial charge on any atom is 0.105 e. The van der Waals surface area contributed by atoms with E-state index in [1.54, 1.807) is 10.9 Å². The molecular weight excluding hydrogens is 205 g/mol. The molecule has 2 N–H and O–H groups in total. The fraction of sp³-hybridized carbons (Fsp3) is 0.750. The molecule has 4 heteroatoms. The lowest BCUT2D eigenvalue weighted by atomic mass is 9.88. The molecule has 3 nitrogen and oxygen atoms in total. The molecule has 0 saturated carbocycles. The maximum absolute atomic E-state index is 13.9. The van der Waals surface area contributed by atoms with E-state index in [-0.39, 0.29) is 5.92 Å². The summed E-state index contributed by atoms with van der Waals surface area (Å²) in [5, 5.41) is 4.06. The van der Waals surface area contributed by atoms with Crippen LogP contribution in [0.15, 0.2) is 12.4 Å². The molecule has 0 aromatic carbocycles. The molecule has 0 bridgehead atoms. The van der Waals surface area contributed by atoms with Gasteiger partial charge in [-0.25, -0.2) is 4.39 Å². The first-order valence-electron chi connectivity index (χ1n) is 5.86. The number of aromatic nitrogens is 2. The zero-order valence-corrected chi connectivity index (χ0v) is 10.4. The molecule has 0 aliphatic heterocycles. The first kappa shape index (κ1) is 13.2. The molecule has 0 radical (unpaired) electrons. The van der Waals surface area contributed by atoms with Gasteiger partial charge in [-0.05, 0) is 30.9 Å². The van der Waals surface area contributed by atoms with Crippen molar-refractivity contribution >= 4 is 0 Å². The van der Waals surface area contributed by atoms with E-state index in [4.69, 9.17) is 5.73 Å². The summed E-state index contributed by atoms with van der Waals surface area (Å²) < 4.78 is 15.6. The lowest BCUT2D eigenvalue weighted by Gasteiger charge is -2.22. The third kappa shape index (κ3) is 3.59. The Bertz CT molecular complexity index is 309. The van der Waals surface area contributed by atoms with Gasteiger partial charge in [0.1, 0.15) is 6.17 Å².